The molecule has 0 aliphatic heterocycles. The molecule has 2 unspecified atom stereocenters. The fourth-order valence-corrected chi connectivity index (χ4v) is 2.51. The van der Waals surface area contributed by atoms with E-state index in [1.54, 1.807) is 0 Å². The van der Waals surface area contributed by atoms with E-state index in [-0.39, 0.29) is 5.41 Å². The van der Waals surface area contributed by atoms with Gasteiger partial charge >= 0.3 is 0 Å². The molecule has 0 aromatic heterocycles. The number of nitrogens with zero attached hydrogens (tertiary/aromatic N) is 1. The van der Waals surface area contributed by atoms with Crippen LogP contribution in [0.2, 0.25) is 0 Å². The van der Waals surface area contributed by atoms with Crippen LogP contribution in [0.4, 0.5) is 0 Å². The molecule has 2 saturated carbocycles. The molecule has 66 valence electrons. The summed E-state index contributed by atoms with van der Waals surface area (Å²) >= 11 is 0. The molecule has 2 nitrogen and oxygen atoms in total. The Morgan fingerprint density at radius 2 is 2.08 bits per heavy atom. The normalized spacial score (nSPS) is 43.9. The number of nitriles is 1. The Kier molecular flexibility index (Phi) is 1.50. The third-order valence-corrected chi connectivity index (χ3v) is 3.59. The van der Waals surface area contributed by atoms with Gasteiger partial charge in [-0.3, -0.25) is 0 Å². The summed E-state index contributed by atoms with van der Waals surface area (Å²) in [4.78, 5) is 0. The van der Waals surface area contributed by atoms with Crippen LogP contribution in [0, 0.1) is 22.7 Å². The summed E-state index contributed by atoms with van der Waals surface area (Å²) in [6.45, 7) is 2.16. The van der Waals surface area contributed by atoms with Crippen LogP contribution in [0.15, 0.2) is 0 Å². The van der Waals surface area contributed by atoms with Gasteiger partial charge in [0.1, 0.15) is 0 Å². The van der Waals surface area contributed by atoms with E-state index in [2.05, 4.69) is 13.0 Å². The minimum absolute atomic E-state index is 0.349. The Labute approximate surface area is 73.2 Å². The molecule has 0 aromatic rings. The molecular formula is C10H15NO. The summed E-state index contributed by atoms with van der Waals surface area (Å²) in [5.41, 5.74) is -0.987. The van der Waals surface area contributed by atoms with Gasteiger partial charge in [-0.15, -0.1) is 0 Å². The molecule has 2 rings (SSSR count). The monoisotopic (exact) mass is 165 g/mol. The fourth-order valence-electron chi connectivity index (χ4n) is 2.51. The first-order chi connectivity index (χ1) is 5.62. The van der Waals surface area contributed by atoms with E-state index < -0.39 is 5.60 Å². The lowest BCUT2D eigenvalue weighted by Gasteiger charge is -2.27. The largest absolute Gasteiger partial charge is 0.388 e. The molecule has 12 heavy (non-hydrogen) atoms. The predicted molar refractivity (Wildman–Crippen MR) is 45.2 cm³/mol. The minimum Gasteiger partial charge on any atom is -0.388 e. The maximum atomic E-state index is 10.2. The lowest BCUT2D eigenvalue weighted by Crippen LogP contribution is -2.35. The molecule has 0 aromatic carbocycles. The summed E-state index contributed by atoms with van der Waals surface area (Å²) in [6.07, 6.45) is 4.57. The van der Waals surface area contributed by atoms with Gasteiger partial charge in [0, 0.05) is 0 Å². The van der Waals surface area contributed by atoms with Crippen molar-refractivity contribution in [2.75, 3.05) is 0 Å². The molecule has 0 spiro atoms. The van der Waals surface area contributed by atoms with Crippen LogP contribution in [-0.4, -0.2) is 10.7 Å². The Hall–Kier alpha value is -0.550. The molecular weight excluding hydrogens is 150 g/mol. The second-order valence-corrected chi connectivity index (χ2v) is 4.57. The highest BCUT2D eigenvalue weighted by Gasteiger charge is 2.61. The van der Waals surface area contributed by atoms with Crippen molar-refractivity contribution < 1.29 is 5.11 Å². The van der Waals surface area contributed by atoms with Crippen LogP contribution in [0.5, 0.6) is 0 Å². The number of aliphatic hydroxyl groups is 1. The number of hydrogen-bond acceptors (Lipinski definition) is 2. The molecule has 2 fully saturated rings. The van der Waals surface area contributed by atoms with E-state index in [0.717, 1.165) is 32.1 Å². The van der Waals surface area contributed by atoms with E-state index in [1.165, 1.54) is 0 Å². The van der Waals surface area contributed by atoms with Gasteiger partial charge < -0.3 is 5.11 Å². The first kappa shape index (κ1) is 8.07. The fraction of sp³-hybridized carbons (Fsp3) is 0.900. The quantitative estimate of drug-likeness (QED) is 0.644. The lowest BCUT2D eigenvalue weighted by atomic mass is 9.83. The molecule has 0 radical (unpaired) electrons. The minimum atomic E-state index is -0.638. The van der Waals surface area contributed by atoms with Crippen molar-refractivity contribution in [1.82, 2.24) is 0 Å². The third kappa shape index (κ3) is 0.895. The van der Waals surface area contributed by atoms with Crippen LogP contribution in [0.25, 0.3) is 0 Å². The van der Waals surface area contributed by atoms with Crippen molar-refractivity contribution in [3.05, 3.63) is 0 Å². The van der Waals surface area contributed by atoms with Crippen molar-refractivity contribution >= 4 is 0 Å². The molecule has 2 heteroatoms. The van der Waals surface area contributed by atoms with Crippen LogP contribution < -0.4 is 0 Å². The number of hydrogen-bond donors (Lipinski definition) is 1. The molecule has 0 bridgehead atoms. The Morgan fingerprint density at radius 1 is 1.42 bits per heavy atom. The molecule has 2 atom stereocenters. The summed E-state index contributed by atoms with van der Waals surface area (Å²) in [6, 6.07) is 2.31. The van der Waals surface area contributed by atoms with E-state index in [0.29, 0.717) is 5.92 Å². The van der Waals surface area contributed by atoms with E-state index in [4.69, 9.17) is 5.26 Å². The average Bonchev–Trinajstić information content (AvgIpc) is 2.76. The first-order valence-corrected chi connectivity index (χ1v) is 4.76. The zero-order valence-corrected chi connectivity index (χ0v) is 7.51. The summed E-state index contributed by atoms with van der Waals surface area (Å²) in [7, 11) is 0. The average molecular weight is 165 g/mol. The smallest absolute Gasteiger partial charge is 0.0861 e. The molecule has 0 heterocycles. The summed E-state index contributed by atoms with van der Waals surface area (Å²) in [5.74, 6) is 0.598. The van der Waals surface area contributed by atoms with Gasteiger partial charge in [-0.1, -0.05) is 6.92 Å². The maximum Gasteiger partial charge on any atom is 0.0861 e. The van der Waals surface area contributed by atoms with Gasteiger partial charge in [0.05, 0.1) is 17.1 Å². The Balaban J connectivity index is 2.18. The van der Waals surface area contributed by atoms with Crippen LogP contribution in [0.1, 0.15) is 39.0 Å². The SMILES string of the molecule is CC1CCC(O)(C2(C#N)CC2)C1. The highest BCUT2D eigenvalue weighted by Crippen LogP contribution is 2.59. The van der Waals surface area contributed by atoms with E-state index in [9.17, 15) is 5.11 Å². The molecule has 2 aliphatic rings. The van der Waals surface area contributed by atoms with Crippen molar-refractivity contribution in [3.63, 3.8) is 0 Å². The van der Waals surface area contributed by atoms with Gasteiger partial charge in [-0.2, -0.15) is 5.26 Å². The van der Waals surface area contributed by atoms with Gasteiger partial charge in [0.15, 0.2) is 0 Å². The van der Waals surface area contributed by atoms with Gasteiger partial charge in [0.2, 0.25) is 0 Å². The van der Waals surface area contributed by atoms with Crippen molar-refractivity contribution in [2.24, 2.45) is 11.3 Å². The van der Waals surface area contributed by atoms with Crippen molar-refractivity contribution in [2.45, 2.75) is 44.6 Å². The second kappa shape index (κ2) is 2.23. The first-order valence-electron chi connectivity index (χ1n) is 4.76. The Bertz CT molecular complexity index is 239. The summed E-state index contributed by atoms with van der Waals surface area (Å²) < 4.78 is 0. The van der Waals surface area contributed by atoms with E-state index in [1.807, 2.05) is 0 Å². The zero-order chi connectivity index (χ0) is 8.82. The van der Waals surface area contributed by atoms with Crippen LogP contribution >= 0.6 is 0 Å². The van der Waals surface area contributed by atoms with Crippen LogP contribution in [0.3, 0.4) is 0 Å². The van der Waals surface area contributed by atoms with Gasteiger partial charge in [-0.25, -0.2) is 0 Å². The highest BCUT2D eigenvalue weighted by atomic mass is 16.3. The number of rotatable bonds is 1. The highest BCUT2D eigenvalue weighted by molar-refractivity contribution is 5.21. The maximum absolute atomic E-state index is 10.2. The molecule has 1 N–H and O–H groups in total. The van der Waals surface area contributed by atoms with Gasteiger partial charge in [0.25, 0.3) is 0 Å². The molecule has 0 amide bonds. The van der Waals surface area contributed by atoms with Crippen LogP contribution in [-0.2, 0) is 0 Å². The van der Waals surface area contributed by atoms with Crippen molar-refractivity contribution in [3.8, 4) is 6.07 Å². The zero-order valence-electron chi connectivity index (χ0n) is 7.51. The third-order valence-electron chi connectivity index (χ3n) is 3.59. The lowest BCUT2D eigenvalue weighted by molar-refractivity contribution is -0.00587. The second-order valence-electron chi connectivity index (χ2n) is 4.57. The predicted octanol–water partition coefficient (Wildman–Crippen LogP) is 1.84. The Morgan fingerprint density at radius 3 is 2.42 bits per heavy atom. The van der Waals surface area contributed by atoms with Crippen molar-refractivity contribution in [1.29, 1.82) is 5.26 Å². The molecule has 2 aliphatic carbocycles. The summed E-state index contributed by atoms with van der Waals surface area (Å²) in [5, 5.41) is 19.2. The van der Waals surface area contributed by atoms with Gasteiger partial charge in [-0.05, 0) is 38.0 Å². The standard InChI is InChI=1S/C10H15NO/c1-8-2-3-10(12,6-8)9(7-11)4-5-9/h8,12H,2-6H2,1H3. The topological polar surface area (TPSA) is 44.0 Å². The molecule has 0 saturated heterocycles. The van der Waals surface area contributed by atoms with E-state index >= 15 is 0 Å².